The fourth-order valence-electron chi connectivity index (χ4n) is 1.72. The molecule has 0 aliphatic heterocycles. The smallest absolute Gasteiger partial charge is 0.263 e. The molecule has 0 unspecified atom stereocenters. The third kappa shape index (κ3) is 4.17. The molecule has 0 spiro atoms. The van der Waals surface area contributed by atoms with Gasteiger partial charge in [-0.25, -0.2) is 0 Å². The van der Waals surface area contributed by atoms with Crippen LogP contribution >= 0.6 is 0 Å². The molecule has 1 heterocycles. The summed E-state index contributed by atoms with van der Waals surface area (Å²) in [6, 6.07) is 1.18. The summed E-state index contributed by atoms with van der Waals surface area (Å²) in [5, 5.41) is 0. The molecule has 0 atom stereocenters. The van der Waals surface area contributed by atoms with Gasteiger partial charge in [0.05, 0.1) is 5.56 Å². The van der Waals surface area contributed by atoms with Crippen molar-refractivity contribution >= 4 is 5.57 Å². The van der Waals surface area contributed by atoms with Crippen molar-refractivity contribution in [1.82, 2.24) is 4.98 Å². The highest BCUT2D eigenvalue weighted by atomic mass is 19.4. The van der Waals surface area contributed by atoms with Crippen molar-refractivity contribution in [2.75, 3.05) is 0 Å². The Labute approximate surface area is 106 Å². The molecule has 0 fully saturated rings. The number of allylic oxidation sites excluding steroid dienone is 2. The van der Waals surface area contributed by atoms with E-state index in [-0.39, 0.29) is 0 Å². The Bertz CT molecular complexity index is 408. The van der Waals surface area contributed by atoms with Gasteiger partial charge in [0.15, 0.2) is 0 Å². The molecule has 100 valence electrons. The van der Waals surface area contributed by atoms with E-state index in [1.807, 2.05) is 19.9 Å². The van der Waals surface area contributed by atoms with Crippen LogP contribution in [0.5, 0.6) is 0 Å². The molecule has 0 radical (unpaired) electrons. The number of halogens is 3. The minimum atomic E-state index is -4.33. The number of nitrogens with zero attached hydrogens (tertiary/aromatic N) is 1. The normalized spacial score (nSPS) is 12.8. The van der Waals surface area contributed by atoms with Gasteiger partial charge < -0.3 is 0 Å². The molecule has 0 saturated carbocycles. The van der Waals surface area contributed by atoms with E-state index in [0.29, 0.717) is 5.56 Å². The minimum Gasteiger partial charge on any atom is -0.263 e. The number of hydrogen-bond donors (Lipinski definition) is 0. The second-order valence-corrected chi connectivity index (χ2v) is 4.23. The van der Waals surface area contributed by atoms with Crippen molar-refractivity contribution in [2.24, 2.45) is 0 Å². The summed E-state index contributed by atoms with van der Waals surface area (Å²) in [6.07, 6.45) is 3.62. The Morgan fingerprint density at radius 1 is 1.22 bits per heavy atom. The molecule has 1 aromatic heterocycles. The van der Waals surface area contributed by atoms with E-state index in [0.717, 1.165) is 37.5 Å². The van der Waals surface area contributed by atoms with E-state index in [1.165, 1.54) is 12.3 Å². The summed E-state index contributed by atoms with van der Waals surface area (Å²) in [4.78, 5) is 3.70. The molecule has 0 aromatic carbocycles. The molecular weight excluding hydrogens is 239 g/mol. The number of hydrogen-bond acceptors (Lipinski definition) is 1. The average molecular weight is 257 g/mol. The van der Waals surface area contributed by atoms with Crippen molar-refractivity contribution in [3.05, 3.63) is 35.7 Å². The monoisotopic (exact) mass is 257 g/mol. The quantitative estimate of drug-likeness (QED) is 0.716. The molecule has 1 rings (SSSR count). The standard InChI is InChI=1S/C14H18F3N/c1-3-5-7-11(6-4-2)12-8-13(10-18-9-12)14(15,16)17/h7-10H,3-6H2,1-2H3/b11-7+. The fourth-order valence-corrected chi connectivity index (χ4v) is 1.72. The molecule has 4 heteroatoms. The lowest BCUT2D eigenvalue weighted by molar-refractivity contribution is -0.137. The number of rotatable bonds is 5. The summed E-state index contributed by atoms with van der Waals surface area (Å²) >= 11 is 0. The molecule has 0 saturated heterocycles. The first-order valence-electron chi connectivity index (χ1n) is 6.20. The highest BCUT2D eigenvalue weighted by Crippen LogP contribution is 2.31. The van der Waals surface area contributed by atoms with Gasteiger partial charge in [0.2, 0.25) is 0 Å². The Morgan fingerprint density at radius 3 is 2.50 bits per heavy atom. The predicted molar refractivity (Wildman–Crippen MR) is 67.0 cm³/mol. The van der Waals surface area contributed by atoms with Gasteiger partial charge in [-0.2, -0.15) is 13.2 Å². The third-order valence-corrected chi connectivity index (χ3v) is 2.64. The number of pyridine rings is 1. The van der Waals surface area contributed by atoms with Gasteiger partial charge in [0.25, 0.3) is 0 Å². The van der Waals surface area contributed by atoms with Crippen LogP contribution in [0, 0.1) is 0 Å². The first kappa shape index (κ1) is 14.7. The van der Waals surface area contributed by atoms with E-state index in [9.17, 15) is 13.2 Å². The molecule has 0 N–H and O–H groups in total. The van der Waals surface area contributed by atoms with Crippen molar-refractivity contribution in [3.63, 3.8) is 0 Å². The largest absolute Gasteiger partial charge is 0.417 e. The molecule has 0 aliphatic carbocycles. The average Bonchev–Trinajstić information content (AvgIpc) is 2.33. The summed E-state index contributed by atoms with van der Waals surface area (Å²) < 4.78 is 37.8. The summed E-state index contributed by atoms with van der Waals surface area (Å²) in [5.41, 5.74) is 0.858. The summed E-state index contributed by atoms with van der Waals surface area (Å²) in [6.45, 7) is 4.06. The van der Waals surface area contributed by atoms with Crippen LogP contribution in [0.4, 0.5) is 13.2 Å². The SMILES string of the molecule is CCC/C=C(\CCC)c1cncc(C(F)(F)F)c1. The van der Waals surface area contributed by atoms with Crippen LogP contribution in [0.3, 0.4) is 0 Å². The Morgan fingerprint density at radius 2 is 1.94 bits per heavy atom. The molecule has 0 aliphatic rings. The maximum atomic E-state index is 12.6. The van der Waals surface area contributed by atoms with Crippen molar-refractivity contribution in [1.29, 1.82) is 0 Å². The maximum Gasteiger partial charge on any atom is 0.417 e. The van der Waals surface area contributed by atoms with Crippen molar-refractivity contribution in [2.45, 2.75) is 45.7 Å². The lowest BCUT2D eigenvalue weighted by Gasteiger charge is -2.10. The minimum absolute atomic E-state index is 0.583. The van der Waals surface area contributed by atoms with Gasteiger partial charge >= 0.3 is 6.18 Å². The zero-order chi connectivity index (χ0) is 13.6. The van der Waals surface area contributed by atoms with Gasteiger partial charge in [0.1, 0.15) is 0 Å². The fraction of sp³-hybridized carbons (Fsp3) is 0.500. The van der Waals surface area contributed by atoms with Crippen LogP contribution in [0.1, 0.15) is 50.7 Å². The highest BCUT2D eigenvalue weighted by Gasteiger charge is 2.31. The molecule has 0 amide bonds. The summed E-state index contributed by atoms with van der Waals surface area (Å²) in [5.74, 6) is 0. The van der Waals surface area contributed by atoms with Gasteiger partial charge in [-0.05, 0) is 30.0 Å². The molecule has 18 heavy (non-hydrogen) atoms. The lowest BCUT2D eigenvalue weighted by atomic mass is 10.00. The van der Waals surface area contributed by atoms with E-state index in [4.69, 9.17) is 0 Å². The number of unbranched alkanes of at least 4 members (excludes halogenated alkanes) is 1. The van der Waals surface area contributed by atoms with Crippen LogP contribution in [-0.2, 0) is 6.18 Å². The van der Waals surface area contributed by atoms with Gasteiger partial charge in [-0.15, -0.1) is 0 Å². The van der Waals surface area contributed by atoms with Crippen molar-refractivity contribution in [3.8, 4) is 0 Å². The highest BCUT2D eigenvalue weighted by molar-refractivity contribution is 5.65. The predicted octanol–water partition coefficient (Wildman–Crippen LogP) is 5.08. The molecule has 1 nitrogen and oxygen atoms in total. The Balaban J connectivity index is 3.05. The zero-order valence-corrected chi connectivity index (χ0v) is 10.7. The first-order chi connectivity index (χ1) is 8.49. The Hall–Kier alpha value is -1.32. The maximum absolute atomic E-state index is 12.6. The van der Waals surface area contributed by atoms with Crippen LogP contribution in [0.15, 0.2) is 24.5 Å². The first-order valence-corrected chi connectivity index (χ1v) is 6.20. The zero-order valence-electron chi connectivity index (χ0n) is 10.7. The van der Waals surface area contributed by atoms with Crippen LogP contribution in [0.25, 0.3) is 5.57 Å². The summed E-state index contributed by atoms with van der Waals surface area (Å²) in [7, 11) is 0. The van der Waals surface area contributed by atoms with Gasteiger partial charge in [-0.3, -0.25) is 4.98 Å². The van der Waals surface area contributed by atoms with E-state index < -0.39 is 11.7 Å². The number of aromatic nitrogens is 1. The van der Waals surface area contributed by atoms with Gasteiger partial charge in [0, 0.05) is 12.4 Å². The second-order valence-electron chi connectivity index (χ2n) is 4.23. The van der Waals surface area contributed by atoms with Crippen LogP contribution < -0.4 is 0 Å². The molecule has 0 bridgehead atoms. The van der Waals surface area contributed by atoms with E-state index in [2.05, 4.69) is 4.98 Å². The van der Waals surface area contributed by atoms with E-state index >= 15 is 0 Å². The van der Waals surface area contributed by atoms with Gasteiger partial charge in [-0.1, -0.05) is 32.8 Å². The van der Waals surface area contributed by atoms with Crippen LogP contribution in [0.2, 0.25) is 0 Å². The molecular formula is C14H18F3N. The third-order valence-electron chi connectivity index (χ3n) is 2.64. The van der Waals surface area contributed by atoms with Crippen LogP contribution in [-0.4, -0.2) is 4.98 Å². The van der Waals surface area contributed by atoms with E-state index in [1.54, 1.807) is 0 Å². The Kier molecular flexibility index (Phi) is 5.38. The number of alkyl halides is 3. The molecule has 1 aromatic rings. The van der Waals surface area contributed by atoms with Crippen molar-refractivity contribution < 1.29 is 13.2 Å². The second kappa shape index (κ2) is 6.57. The topological polar surface area (TPSA) is 12.9 Å². The lowest BCUT2D eigenvalue weighted by Crippen LogP contribution is -2.06.